The molecule has 0 saturated carbocycles. The SMILES string of the molecule is CC(NCc1ccc(Cl)s1)c1nncn1C. The molecule has 2 rings (SSSR count). The van der Waals surface area contributed by atoms with Gasteiger partial charge in [-0.15, -0.1) is 21.5 Å². The quantitative estimate of drug-likeness (QED) is 0.913. The number of halogens is 1. The molecule has 0 fully saturated rings. The molecule has 0 saturated heterocycles. The third-order valence-corrected chi connectivity index (χ3v) is 3.58. The molecule has 1 atom stereocenters. The molecule has 1 unspecified atom stereocenters. The van der Waals surface area contributed by atoms with Gasteiger partial charge in [-0.1, -0.05) is 11.6 Å². The molecule has 0 bridgehead atoms. The molecule has 2 aromatic heterocycles. The van der Waals surface area contributed by atoms with Crippen LogP contribution in [0.2, 0.25) is 4.34 Å². The lowest BCUT2D eigenvalue weighted by Gasteiger charge is -2.11. The molecule has 0 aliphatic rings. The third-order valence-electron chi connectivity index (χ3n) is 2.35. The van der Waals surface area contributed by atoms with E-state index in [4.69, 9.17) is 11.6 Å². The lowest BCUT2D eigenvalue weighted by molar-refractivity contribution is 0.531. The first-order valence-electron chi connectivity index (χ1n) is 4.98. The van der Waals surface area contributed by atoms with E-state index in [0.29, 0.717) is 0 Å². The van der Waals surface area contributed by atoms with E-state index in [1.807, 2.05) is 23.7 Å². The predicted octanol–water partition coefficient (Wildman–Crippen LogP) is 2.38. The Morgan fingerprint density at radius 1 is 1.56 bits per heavy atom. The highest BCUT2D eigenvalue weighted by Crippen LogP contribution is 2.21. The highest BCUT2D eigenvalue weighted by atomic mass is 35.5. The van der Waals surface area contributed by atoms with Crippen LogP contribution in [0.4, 0.5) is 0 Å². The molecular weight excluding hydrogens is 244 g/mol. The largest absolute Gasteiger partial charge is 0.319 e. The molecule has 4 nitrogen and oxygen atoms in total. The van der Waals surface area contributed by atoms with Crippen LogP contribution < -0.4 is 5.32 Å². The van der Waals surface area contributed by atoms with Gasteiger partial charge in [-0.3, -0.25) is 0 Å². The van der Waals surface area contributed by atoms with E-state index >= 15 is 0 Å². The van der Waals surface area contributed by atoms with Crippen molar-refractivity contribution in [2.75, 3.05) is 0 Å². The monoisotopic (exact) mass is 256 g/mol. The number of rotatable bonds is 4. The fourth-order valence-corrected chi connectivity index (χ4v) is 2.51. The van der Waals surface area contributed by atoms with Crippen LogP contribution in [0, 0.1) is 0 Å². The first kappa shape index (κ1) is 11.6. The first-order chi connectivity index (χ1) is 7.66. The Bertz CT molecular complexity index is 465. The fourth-order valence-electron chi connectivity index (χ4n) is 1.48. The zero-order chi connectivity index (χ0) is 11.5. The van der Waals surface area contributed by atoms with Gasteiger partial charge in [0.15, 0.2) is 0 Å². The van der Waals surface area contributed by atoms with Crippen LogP contribution in [0.5, 0.6) is 0 Å². The van der Waals surface area contributed by atoms with Gasteiger partial charge in [0.05, 0.1) is 10.4 Å². The Morgan fingerprint density at radius 2 is 2.38 bits per heavy atom. The van der Waals surface area contributed by atoms with Crippen molar-refractivity contribution in [3.63, 3.8) is 0 Å². The summed E-state index contributed by atoms with van der Waals surface area (Å²) in [5.74, 6) is 0.933. The second-order valence-corrected chi connectivity index (χ2v) is 5.41. The molecule has 0 spiro atoms. The molecule has 2 aromatic rings. The molecule has 0 amide bonds. The topological polar surface area (TPSA) is 42.7 Å². The van der Waals surface area contributed by atoms with Crippen LogP contribution in [0.1, 0.15) is 23.7 Å². The van der Waals surface area contributed by atoms with Gasteiger partial charge < -0.3 is 9.88 Å². The molecule has 86 valence electrons. The summed E-state index contributed by atoms with van der Waals surface area (Å²) < 4.78 is 2.74. The zero-order valence-corrected chi connectivity index (χ0v) is 10.7. The standard InChI is InChI=1S/C10H13ClN4S/c1-7(10-14-13-6-15(10)2)12-5-8-3-4-9(11)16-8/h3-4,6-7,12H,5H2,1-2H3. The fraction of sp³-hybridized carbons (Fsp3) is 0.400. The highest BCUT2D eigenvalue weighted by Gasteiger charge is 2.10. The molecule has 1 N–H and O–H groups in total. The summed E-state index contributed by atoms with van der Waals surface area (Å²) in [5.41, 5.74) is 0. The Kier molecular flexibility index (Phi) is 3.58. The van der Waals surface area contributed by atoms with E-state index in [1.54, 1.807) is 17.7 Å². The second kappa shape index (κ2) is 4.95. The predicted molar refractivity (Wildman–Crippen MR) is 65.6 cm³/mol. The minimum Gasteiger partial charge on any atom is -0.319 e. The van der Waals surface area contributed by atoms with Gasteiger partial charge in [0, 0.05) is 18.5 Å². The number of hydrogen-bond acceptors (Lipinski definition) is 4. The first-order valence-corrected chi connectivity index (χ1v) is 6.18. The number of nitrogens with one attached hydrogen (secondary N) is 1. The Morgan fingerprint density at radius 3 is 2.94 bits per heavy atom. The van der Waals surface area contributed by atoms with Crippen LogP contribution in [-0.2, 0) is 13.6 Å². The summed E-state index contributed by atoms with van der Waals surface area (Å²) >= 11 is 7.46. The summed E-state index contributed by atoms with van der Waals surface area (Å²) in [4.78, 5) is 1.22. The number of thiophene rings is 1. The summed E-state index contributed by atoms with van der Waals surface area (Å²) in [5, 5.41) is 11.3. The zero-order valence-electron chi connectivity index (χ0n) is 9.14. The van der Waals surface area contributed by atoms with E-state index in [2.05, 4.69) is 22.4 Å². The molecule has 0 aliphatic carbocycles. The van der Waals surface area contributed by atoms with Crippen LogP contribution in [0.3, 0.4) is 0 Å². The van der Waals surface area contributed by atoms with Crippen LogP contribution in [-0.4, -0.2) is 14.8 Å². The van der Waals surface area contributed by atoms with Gasteiger partial charge in [0.2, 0.25) is 0 Å². The maximum atomic E-state index is 5.86. The van der Waals surface area contributed by atoms with Gasteiger partial charge in [-0.05, 0) is 19.1 Å². The number of hydrogen-bond donors (Lipinski definition) is 1. The maximum absolute atomic E-state index is 5.86. The smallest absolute Gasteiger partial charge is 0.149 e. The molecule has 0 aromatic carbocycles. The number of aryl methyl sites for hydroxylation is 1. The molecule has 0 radical (unpaired) electrons. The summed E-state index contributed by atoms with van der Waals surface area (Å²) in [7, 11) is 1.94. The highest BCUT2D eigenvalue weighted by molar-refractivity contribution is 7.16. The summed E-state index contributed by atoms with van der Waals surface area (Å²) in [6, 6.07) is 4.12. The Hall–Kier alpha value is -0.910. The molecule has 16 heavy (non-hydrogen) atoms. The lowest BCUT2D eigenvalue weighted by atomic mass is 10.3. The lowest BCUT2D eigenvalue weighted by Crippen LogP contribution is -2.20. The van der Waals surface area contributed by atoms with Crippen molar-refractivity contribution in [1.82, 2.24) is 20.1 Å². The second-order valence-electron chi connectivity index (χ2n) is 3.61. The van der Waals surface area contributed by atoms with Crippen molar-refractivity contribution in [1.29, 1.82) is 0 Å². The average molecular weight is 257 g/mol. The van der Waals surface area contributed by atoms with E-state index in [0.717, 1.165) is 16.7 Å². The Labute approximate surface area is 103 Å². The molecular formula is C10H13ClN4S. The van der Waals surface area contributed by atoms with Crippen molar-refractivity contribution in [3.05, 3.63) is 33.5 Å². The van der Waals surface area contributed by atoms with E-state index in [-0.39, 0.29) is 6.04 Å². The van der Waals surface area contributed by atoms with E-state index in [9.17, 15) is 0 Å². The molecule has 2 heterocycles. The maximum Gasteiger partial charge on any atom is 0.149 e. The Balaban J connectivity index is 1.93. The van der Waals surface area contributed by atoms with E-state index < -0.39 is 0 Å². The van der Waals surface area contributed by atoms with Crippen molar-refractivity contribution in [3.8, 4) is 0 Å². The van der Waals surface area contributed by atoms with Gasteiger partial charge >= 0.3 is 0 Å². The number of nitrogens with zero attached hydrogens (tertiary/aromatic N) is 3. The molecule has 6 heteroatoms. The van der Waals surface area contributed by atoms with Crippen molar-refractivity contribution < 1.29 is 0 Å². The summed E-state index contributed by atoms with van der Waals surface area (Å²) in [6.45, 7) is 2.87. The van der Waals surface area contributed by atoms with Gasteiger partial charge in [-0.2, -0.15) is 0 Å². The van der Waals surface area contributed by atoms with Crippen molar-refractivity contribution in [2.24, 2.45) is 7.05 Å². The van der Waals surface area contributed by atoms with Gasteiger partial charge in [0.1, 0.15) is 12.2 Å². The van der Waals surface area contributed by atoms with E-state index in [1.165, 1.54) is 4.88 Å². The normalized spacial score (nSPS) is 12.9. The average Bonchev–Trinajstić information content (AvgIpc) is 2.84. The minimum atomic E-state index is 0.174. The van der Waals surface area contributed by atoms with Crippen molar-refractivity contribution in [2.45, 2.75) is 19.5 Å². The van der Waals surface area contributed by atoms with Crippen LogP contribution in [0.25, 0.3) is 0 Å². The van der Waals surface area contributed by atoms with Crippen LogP contribution in [0.15, 0.2) is 18.5 Å². The van der Waals surface area contributed by atoms with Gasteiger partial charge in [-0.25, -0.2) is 0 Å². The van der Waals surface area contributed by atoms with Crippen LogP contribution >= 0.6 is 22.9 Å². The van der Waals surface area contributed by atoms with Gasteiger partial charge in [0.25, 0.3) is 0 Å². The summed E-state index contributed by atoms with van der Waals surface area (Å²) in [6.07, 6.45) is 1.70. The molecule has 0 aliphatic heterocycles. The van der Waals surface area contributed by atoms with Crippen molar-refractivity contribution >= 4 is 22.9 Å². The minimum absolute atomic E-state index is 0.174. The number of aromatic nitrogens is 3. The third kappa shape index (κ3) is 2.61.